The molecule has 4 N–H and O–H groups in total. The molecule has 1 fully saturated rings. The molecule has 0 bridgehead atoms. The molecular weight excluding hydrogens is 228 g/mol. The van der Waals surface area contributed by atoms with E-state index in [9.17, 15) is 8.42 Å². The zero-order valence-corrected chi connectivity index (χ0v) is 9.53. The number of sulfonamides is 1. The zero-order chi connectivity index (χ0) is 11.8. The third-order valence-electron chi connectivity index (χ3n) is 2.41. The van der Waals surface area contributed by atoms with Crippen LogP contribution in [0.3, 0.4) is 0 Å². The molecule has 2 rings (SSSR count). The Labute approximate surface area is 94.4 Å². The lowest BCUT2D eigenvalue weighted by molar-refractivity contribution is 0.299. The summed E-state index contributed by atoms with van der Waals surface area (Å²) in [5.41, 5.74) is 6.34. The first-order valence-electron chi connectivity index (χ1n) is 5.03. The molecule has 1 aromatic rings. The molecule has 1 aliphatic rings. The number of benzene rings is 1. The van der Waals surface area contributed by atoms with Gasteiger partial charge in [-0.1, -0.05) is 6.07 Å². The van der Waals surface area contributed by atoms with Crippen molar-refractivity contribution in [3.63, 3.8) is 0 Å². The topological polar surface area (TPSA) is 95.4 Å². The Bertz CT molecular complexity index is 495. The monoisotopic (exact) mass is 242 g/mol. The highest BCUT2D eigenvalue weighted by molar-refractivity contribution is 7.89. The maximum atomic E-state index is 11.2. The summed E-state index contributed by atoms with van der Waals surface area (Å²) in [4.78, 5) is 0.0559. The lowest BCUT2D eigenvalue weighted by Crippen LogP contribution is -2.13. The van der Waals surface area contributed by atoms with Crippen LogP contribution in [0.2, 0.25) is 0 Å². The van der Waals surface area contributed by atoms with Crippen LogP contribution in [0.1, 0.15) is 18.4 Å². The van der Waals surface area contributed by atoms with Crippen molar-refractivity contribution >= 4 is 10.0 Å². The Kier molecular flexibility index (Phi) is 2.88. The summed E-state index contributed by atoms with van der Waals surface area (Å²) in [5.74, 6) is 0.525. The van der Waals surface area contributed by atoms with Crippen LogP contribution in [0.15, 0.2) is 23.1 Å². The van der Waals surface area contributed by atoms with Gasteiger partial charge in [-0.05, 0) is 18.9 Å². The average molecular weight is 242 g/mol. The van der Waals surface area contributed by atoms with Crippen LogP contribution in [-0.4, -0.2) is 14.5 Å². The fourth-order valence-corrected chi connectivity index (χ4v) is 1.88. The lowest BCUT2D eigenvalue weighted by atomic mass is 10.2. The molecule has 1 saturated carbocycles. The Morgan fingerprint density at radius 1 is 1.38 bits per heavy atom. The van der Waals surface area contributed by atoms with E-state index >= 15 is 0 Å². The summed E-state index contributed by atoms with van der Waals surface area (Å²) in [7, 11) is -3.69. The molecule has 0 heterocycles. The number of primary sulfonamides is 1. The predicted molar refractivity (Wildman–Crippen MR) is 59.4 cm³/mol. The molecule has 1 aromatic carbocycles. The Morgan fingerprint density at radius 2 is 2.06 bits per heavy atom. The summed E-state index contributed by atoms with van der Waals surface area (Å²) in [5, 5.41) is 5.05. The van der Waals surface area contributed by atoms with Crippen LogP contribution in [0.5, 0.6) is 5.75 Å². The number of hydrogen-bond donors (Lipinski definition) is 2. The van der Waals surface area contributed by atoms with E-state index in [-0.39, 0.29) is 11.0 Å². The van der Waals surface area contributed by atoms with E-state index in [1.54, 1.807) is 6.07 Å². The van der Waals surface area contributed by atoms with Gasteiger partial charge in [0.05, 0.1) is 11.0 Å². The Morgan fingerprint density at radius 3 is 2.56 bits per heavy atom. The minimum atomic E-state index is -3.69. The quantitative estimate of drug-likeness (QED) is 0.795. The van der Waals surface area contributed by atoms with Gasteiger partial charge < -0.3 is 10.5 Å². The standard InChI is InChI=1S/C10H14N2O3S/c11-6-7-1-4-9(16(12,13)14)5-10(7)15-8-2-3-8/h1,4-5,8H,2-3,6,11H2,(H2,12,13,14). The summed E-state index contributed by atoms with van der Waals surface area (Å²) < 4.78 is 27.9. The average Bonchev–Trinajstić information content (AvgIpc) is 3.00. The van der Waals surface area contributed by atoms with Gasteiger partial charge >= 0.3 is 0 Å². The Balaban J connectivity index is 2.37. The summed E-state index contributed by atoms with van der Waals surface area (Å²) in [6.07, 6.45) is 2.20. The van der Waals surface area contributed by atoms with Gasteiger partial charge in [0.15, 0.2) is 0 Å². The van der Waals surface area contributed by atoms with Crippen LogP contribution in [0, 0.1) is 0 Å². The highest BCUT2D eigenvalue weighted by Gasteiger charge is 2.25. The van der Waals surface area contributed by atoms with Crippen molar-refractivity contribution in [2.75, 3.05) is 0 Å². The normalized spacial score (nSPS) is 16.1. The molecule has 0 unspecified atom stereocenters. The summed E-state index contributed by atoms with van der Waals surface area (Å²) in [6.45, 7) is 0.312. The van der Waals surface area contributed by atoms with Gasteiger partial charge in [0, 0.05) is 18.2 Å². The molecule has 16 heavy (non-hydrogen) atoms. The van der Waals surface area contributed by atoms with E-state index in [4.69, 9.17) is 15.6 Å². The SMILES string of the molecule is NCc1ccc(S(N)(=O)=O)cc1OC1CC1. The van der Waals surface area contributed by atoms with E-state index in [1.165, 1.54) is 12.1 Å². The predicted octanol–water partition coefficient (Wildman–Crippen LogP) is 0.334. The van der Waals surface area contributed by atoms with Crippen LogP contribution in [0.25, 0.3) is 0 Å². The van der Waals surface area contributed by atoms with Crippen molar-refractivity contribution in [1.29, 1.82) is 0 Å². The molecule has 0 atom stereocenters. The van der Waals surface area contributed by atoms with Gasteiger partial charge in [0.1, 0.15) is 5.75 Å². The van der Waals surface area contributed by atoms with E-state index in [0.717, 1.165) is 18.4 Å². The molecular formula is C10H14N2O3S. The first-order valence-corrected chi connectivity index (χ1v) is 6.58. The molecule has 0 saturated heterocycles. The molecule has 0 aliphatic heterocycles. The van der Waals surface area contributed by atoms with Crippen LogP contribution in [0.4, 0.5) is 0 Å². The summed E-state index contributed by atoms with van der Waals surface area (Å²) >= 11 is 0. The minimum Gasteiger partial charge on any atom is -0.490 e. The minimum absolute atomic E-state index is 0.0559. The van der Waals surface area contributed by atoms with Crippen molar-refractivity contribution in [2.45, 2.75) is 30.4 Å². The number of nitrogens with two attached hydrogens (primary N) is 2. The third-order valence-corrected chi connectivity index (χ3v) is 3.32. The second-order valence-corrected chi connectivity index (χ2v) is 5.40. The fourth-order valence-electron chi connectivity index (χ4n) is 1.36. The molecule has 0 amide bonds. The lowest BCUT2D eigenvalue weighted by Gasteiger charge is -2.10. The van der Waals surface area contributed by atoms with E-state index in [1.807, 2.05) is 0 Å². The molecule has 0 radical (unpaired) electrons. The van der Waals surface area contributed by atoms with E-state index in [0.29, 0.717) is 12.3 Å². The fraction of sp³-hybridized carbons (Fsp3) is 0.400. The maximum Gasteiger partial charge on any atom is 0.238 e. The highest BCUT2D eigenvalue weighted by Crippen LogP contribution is 2.30. The number of rotatable bonds is 4. The van der Waals surface area contributed by atoms with Gasteiger partial charge in [-0.25, -0.2) is 13.6 Å². The van der Waals surface area contributed by atoms with Gasteiger partial charge in [-0.3, -0.25) is 0 Å². The molecule has 0 spiro atoms. The molecule has 0 aromatic heterocycles. The van der Waals surface area contributed by atoms with Crippen molar-refractivity contribution in [3.8, 4) is 5.75 Å². The second kappa shape index (κ2) is 4.04. The molecule has 6 heteroatoms. The van der Waals surface area contributed by atoms with Crippen LogP contribution < -0.4 is 15.6 Å². The van der Waals surface area contributed by atoms with Crippen molar-refractivity contribution in [2.24, 2.45) is 10.9 Å². The molecule has 1 aliphatic carbocycles. The smallest absolute Gasteiger partial charge is 0.238 e. The van der Waals surface area contributed by atoms with Crippen LogP contribution in [-0.2, 0) is 16.6 Å². The highest BCUT2D eigenvalue weighted by atomic mass is 32.2. The van der Waals surface area contributed by atoms with Crippen LogP contribution >= 0.6 is 0 Å². The molecule has 88 valence electrons. The van der Waals surface area contributed by atoms with Gasteiger partial charge in [0.25, 0.3) is 0 Å². The largest absolute Gasteiger partial charge is 0.490 e. The first kappa shape index (κ1) is 11.4. The number of ether oxygens (including phenoxy) is 1. The Hall–Kier alpha value is -1.11. The maximum absolute atomic E-state index is 11.2. The third kappa shape index (κ3) is 2.52. The van der Waals surface area contributed by atoms with Gasteiger partial charge in [0.2, 0.25) is 10.0 Å². The zero-order valence-electron chi connectivity index (χ0n) is 8.72. The van der Waals surface area contributed by atoms with E-state index in [2.05, 4.69) is 0 Å². The van der Waals surface area contributed by atoms with Gasteiger partial charge in [-0.2, -0.15) is 0 Å². The van der Waals surface area contributed by atoms with Crippen molar-refractivity contribution in [1.82, 2.24) is 0 Å². The molecule has 5 nitrogen and oxygen atoms in total. The second-order valence-electron chi connectivity index (χ2n) is 3.84. The van der Waals surface area contributed by atoms with Gasteiger partial charge in [-0.15, -0.1) is 0 Å². The van der Waals surface area contributed by atoms with E-state index < -0.39 is 10.0 Å². The number of hydrogen-bond acceptors (Lipinski definition) is 4. The first-order chi connectivity index (χ1) is 7.50. The van der Waals surface area contributed by atoms with Crippen molar-refractivity contribution in [3.05, 3.63) is 23.8 Å². The van der Waals surface area contributed by atoms with Crippen molar-refractivity contribution < 1.29 is 13.2 Å². The summed E-state index contributed by atoms with van der Waals surface area (Å²) in [6, 6.07) is 4.52.